The number of guanidine groups is 1. The molecule has 6 nitrogen and oxygen atoms in total. The number of likely N-dealkylation sites (tertiary alicyclic amines) is 2. The summed E-state index contributed by atoms with van der Waals surface area (Å²) in [7, 11) is 0. The topological polar surface area (TPSA) is 56.0 Å². The van der Waals surface area contributed by atoms with Gasteiger partial charge in [0.1, 0.15) is 5.76 Å². The van der Waals surface area contributed by atoms with Gasteiger partial charge in [0.2, 0.25) is 0 Å². The third-order valence-electron chi connectivity index (χ3n) is 6.00. The molecule has 2 saturated heterocycles. The Morgan fingerprint density at radius 1 is 1.21 bits per heavy atom. The lowest BCUT2D eigenvalue weighted by Gasteiger charge is -2.34. The van der Waals surface area contributed by atoms with E-state index >= 15 is 0 Å². The van der Waals surface area contributed by atoms with Gasteiger partial charge >= 0.3 is 0 Å². The van der Waals surface area contributed by atoms with Crippen LogP contribution in [0.2, 0.25) is 0 Å². The fourth-order valence-electron chi connectivity index (χ4n) is 4.68. The van der Waals surface area contributed by atoms with Crippen molar-refractivity contribution in [2.45, 2.75) is 52.5 Å². The van der Waals surface area contributed by atoms with Gasteiger partial charge in [0.15, 0.2) is 5.96 Å². The maximum absolute atomic E-state index is 5.74. The summed E-state index contributed by atoms with van der Waals surface area (Å²) < 4.78 is 5.74. The van der Waals surface area contributed by atoms with Crippen molar-refractivity contribution in [3.63, 3.8) is 0 Å². The lowest BCUT2D eigenvalue weighted by Crippen LogP contribution is -2.45. The van der Waals surface area contributed by atoms with E-state index in [1.807, 2.05) is 6.07 Å². The van der Waals surface area contributed by atoms with Crippen molar-refractivity contribution >= 4 is 5.96 Å². The van der Waals surface area contributed by atoms with Crippen LogP contribution in [0, 0.1) is 11.8 Å². The number of nitrogens with one attached hydrogen (secondary N) is 2. The summed E-state index contributed by atoms with van der Waals surface area (Å²) in [6.07, 6.45) is 6.94. The molecule has 2 aliphatic heterocycles. The van der Waals surface area contributed by atoms with Crippen molar-refractivity contribution < 1.29 is 4.42 Å². The van der Waals surface area contributed by atoms with Crippen LogP contribution in [0.15, 0.2) is 27.8 Å². The van der Waals surface area contributed by atoms with Crippen molar-refractivity contribution in [3.05, 3.63) is 24.2 Å². The molecule has 0 amide bonds. The van der Waals surface area contributed by atoms with Crippen LogP contribution in [-0.4, -0.2) is 68.1 Å². The van der Waals surface area contributed by atoms with E-state index in [4.69, 9.17) is 9.41 Å². The highest BCUT2D eigenvalue weighted by Crippen LogP contribution is 2.25. The van der Waals surface area contributed by atoms with Gasteiger partial charge in [-0.2, -0.15) is 0 Å². The minimum Gasteiger partial charge on any atom is -0.468 e. The Morgan fingerprint density at radius 2 is 2.03 bits per heavy atom. The van der Waals surface area contributed by atoms with Crippen molar-refractivity contribution in [2.24, 2.45) is 16.8 Å². The summed E-state index contributed by atoms with van der Waals surface area (Å²) in [6, 6.07) is 4.31. The molecule has 2 atom stereocenters. The number of piperidine rings is 1. The van der Waals surface area contributed by atoms with Crippen LogP contribution in [0.5, 0.6) is 0 Å². The Morgan fingerprint density at radius 3 is 2.72 bits per heavy atom. The van der Waals surface area contributed by atoms with E-state index in [-0.39, 0.29) is 6.04 Å². The first kappa shape index (κ1) is 22.2. The maximum Gasteiger partial charge on any atom is 0.191 e. The Balaban J connectivity index is 1.55. The second-order valence-electron chi connectivity index (χ2n) is 9.04. The number of hydrogen-bond donors (Lipinski definition) is 2. The number of aliphatic imine (C=N–C) groups is 1. The molecule has 0 saturated carbocycles. The number of rotatable bonds is 9. The molecular weight excluding hydrogens is 362 g/mol. The molecule has 1 aromatic rings. The molecule has 0 spiro atoms. The van der Waals surface area contributed by atoms with Crippen molar-refractivity contribution in [1.29, 1.82) is 0 Å². The van der Waals surface area contributed by atoms with Crippen LogP contribution in [0.3, 0.4) is 0 Å². The van der Waals surface area contributed by atoms with Gasteiger partial charge in [-0.15, -0.1) is 0 Å². The van der Waals surface area contributed by atoms with E-state index in [1.165, 1.54) is 45.3 Å². The number of nitrogens with zero attached hydrogens (tertiary/aromatic N) is 3. The standard InChI is InChI=1S/C23H41N5O/c1-4-24-23(25-15-20-9-7-11-27(18-20)17-19(2)3)26-16-21(22-10-8-14-29-22)28-12-5-6-13-28/h8,10,14,19-21H,4-7,9,11-13,15-18H2,1-3H3,(H2,24,25,26). The summed E-state index contributed by atoms with van der Waals surface area (Å²) >= 11 is 0. The molecule has 0 bridgehead atoms. The molecule has 3 rings (SSSR count). The van der Waals surface area contributed by atoms with Gasteiger partial charge in [0.25, 0.3) is 0 Å². The highest BCUT2D eigenvalue weighted by Gasteiger charge is 2.25. The van der Waals surface area contributed by atoms with E-state index in [2.05, 4.69) is 47.3 Å². The SMILES string of the molecule is CCNC(=NCC(c1ccco1)N1CCCC1)NCC1CCCN(CC(C)C)C1. The molecule has 2 fully saturated rings. The first-order valence-electron chi connectivity index (χ1n) is 11.7. The number of furan rings is 1. The molecule has 29 heavy (non-hydrogen) atoms. The molecule has 164 valence electrons. The van der Waals surface area contributed by atoms with E-state index in [0.29, 0.717) is 5.92 Å². The normalized spacial score (nSPS) is 22.9. The quantitative estimate of drug-likeness (QED) is 0.489. The third kappa shape index (κ3) is 7.03. The van der Waals surface area contributed by atoms with E-state index in [1.54, 1.807) is 6.26 Å². The minimum absolute atomic E-state index is 0.235. The van der Waals surface area contributed by atoms with Crippen LogP contribution < -0.4 is 10.6 Å². The highest BCUT2D eigenvalue weighted by molar-refractivity contribution is 5.79. The lowest BCUT2D eigenvalue weighted by atomic mass is 9.97. The van der Waals surface area contributed by atoms with Gasteiger partial charge in [-0.25, -0.2) is 0 Å². The zero-order valence-electron chi connectivity index (χ0n) is 18.7. The molecule has 1 aromatic heterocycles. The highest BCUT2D eigenvalue weighted by atomic mass is 16.3. The largest absolute Gasteiger partial charge is 0.468 e. The molecule has 2 N–H and O–H groups in total. The summed E-state index contributed by atoms with van der Waals surface area (Å²) in [5.74, 6) is 3.41. The average molecular weight is 404 g/mol. The van der Waals surface area contributed by atoms with Gasteiger partial charge in [-0.05, 0) is 76.2 Å². The molecule has 0 radical (unpaired) electrons. The van der Waals surface area contributed by atoms with Gasteiger partial charge in [-0.3, -0.25) is 9.89 Å². The molecule has 2 unspecified atom stereocenters. The van der Waals surface area contributed by atoms with E-state index in [9.17, 15) is 0 Å². The monoisotopic (exact) mass is 403 g/mol. The summed E-state index contributed by atoms with van der Waals surface area (Å²) in [5.41, 5.74) is 0. The first-order chi connectivity index (χ1) is 14.2. The van der Waals surface area contributed by atoms with Crippen molar-refractivity contribution in [3.8, 4) is 0 Å². The lowest BCUT2D eigenvalue weighted by molar-refractivity contribution is 0.159. The summed E-state index contributed by atoms with van der Waals surface area (Å²) in [5, 5.41) is 7.05. The molecule has 6 heteroatoms. The Hall–Kier alpha value is -1.53. The molecule has 0 aliphatic carbocycles. The predicted octanol–water partition coefficient (Wildman–Crippen LogP) is 3.34. The van der Waals surface area contributed by atoms with Gasteiger partial charge < -0.3 is 20.0 Å². The Bertz CT molecular complexity index is 594. The smallest absolute Gasteiger partial charge is 0.191 e. The second kappa shape index (κ2) is 11.6. The molecular formula is C23H41N5O. The Labute approximate surface area is 177 Å². The second-order valence-corrected chi connectivity index (χ2v) is 9.04. The van der Waals surface area contributed by atoms with Crippen LogP contribution in [0.1, 0.15) is 58.3 Å². The minimum atomic E-state index is 0.235. The van der Waals surface area contributed by atoms with E-state index < -0.39 is 0 Å². The zero-order chi connectivity index (χ0) is 20.5. The third-order valence-corrected chi connectivity index (χ3v) is 6.00. The van der Waals surface area contributed by atoms with Crippen molar-refractivity contribution in [2.75, 3.05) is 52.4 Å². The predicted molar refractivity (Wildman–Crippen MR) is 120 cm³/mol. The zero-order valence-corrected chi connectivity index (χ0v) is 18.7. The summed E-state index contributed by atoms with van der Waals surface area (Å²) in [4.78, 5) is 10.1. The average Bonchev–Trinajstić information content (AvgIpc) is 3.41. The van der Waals surface area contributed by atoms with E-state index in [0.717, 1.165) is 50.4 Å². The fourth-order valence-corrected chi connectivity index (χ4v) is 4.68. The van der Waals surface area contributed by atoms with Crippen LogP contribution in [0.25, 0.3) is 0 Å². The molecule has 0 aromatic carbocycles. The van der Waals surface area contributed by atoms with Gasteiger partial charge in [-0.1, -0.05) is 13.8 Å². The first-order valence-corrected chi connectivity index (χ1v) is 11.7. The molecule has 2 aliphatic rings. The van der Waals surface area contributed by atoms with Gasteiger partial charge in [0, 0.05) is 26.2 Å². The fraction of sp³-hybridized carbons (Fsp3) is 0.783. The maximum atomic E-state index is 5.74. The van der Waals surface area contributed by atoms with Gasteiger partial charge in [0.05, 0.1) is 18.8 Å². The molecule has 3 heterocycles. The van der Waals surface area contributed by atoms with Crippen LogP contribution >= 0.6 is 0 Å². The van der Waals surface area contributed by atoms with Crippen LogP contribution in [-0.2, 0) is 0 Å². The Kier molecular flexibility index (Phi) is 8.87. The van der Waals surface area contributed by atoms with Crippen molar-refractivity contribution in [1.82, 2.24) is 20.4 Å². The summed E-state index contributed by atoms with van der Waals surface area (Å²) in [6.45, 7) is 15.3. The van der Waals surface area contributed by atoms with Crippen LogP contribution in [0.4, 0.5) is 0 Å². The number of hydrogen-bond acceptors (Lipinski definition) is 4.